The second-order valence-electron chi connectivity index (χ2n) is 5.34. The van der Waals surface area contributed by atoms with Gasteiger partial charge < -0.3 is 9.64 Å². The van der Waals surface area contributed by atoms with Gasteiger partial charge in [-0.1, -0.05) is 20.8 Å². The van der Waals surface area contributed by atoms with Crippen LogP contribution in [0.1, 0.15) is 33.6 Å². The topological polar surface area (TPSA) is 46.6 Å². The van der Waals surface area contributed by atoms with Gasteiger partial charge in [0.2, 0.25) is 5.91 Å². The van der Waals surface area contributed by atoms with Gasteiger partial charge in [-0.3, -0.25) is 9.59 Å². The minimum Gasteiger partial charge on any atom is -0.469 e. The van der Waals surface area contributed by atoms with Gasteiger partial charge in [0.25, 0.3) is 0 Å². The summed E-state index contributed by atoms with van der Waals surface area (Å²) in [4.78, 5) is 25.3. The molecular weight excluding hydrogens is 218 g/mol. The Bertz CT molecular complexity index is 284. The summed E-state index contributed by atoms with van der Waals surface area (Å²) < 4.78 is 4.70. The third-order valence-corrected chi connectivity index (χ3v) is 2.92. The molecule has 1 unspecified atom stereocenters. The summed E-state index contributed by atoms with van der Waals surface area (Å²) in [6.45, 7) is 7.15. The minimum absolute atomic E-state index is 0.203. The van der Waals surface area contributed by atoms with Gasteiger partial charge in [-0.2, -0.15) is 0 Å². The Hall–Kier alpha value is -1.06. The van der Waals surface area contributed by atoms with E-state index in [1.54, 1.807) is 6.92 Å². The van der Waals surface area contributed by atoms with Crippen LogP contribution in [0.5, 0.6) is 0 Å². The highest BCUT2D eigenvalue weighted by Crippen LogP contribution is 2.31. The molecule has 0 N–H and O–H groups in total. The van der Waals surface area contributed by atoms with Crippen LogP contribution in [0.4, 0.5) is 0 Å². The van der Waals surface area contributed by atoms with E-state index in [1.165, 1.54) is 7.11 Å². The second-order valence-corrected chi connectivity index (χ2v) is 5.34. The van der Waals surface area contributed by atoms with Crippen LogP contribution in [0, 0.1) is 17.8 Å². The van der Waals surface area contributed by atoms with Crippen molar-refractivity contribution in [3.8, 4) is 0 Å². The van der Waals surface area contributed by atoms with Crippen LogP contribution < -0.4 is 0 Å². The van der Waals surface area contributed by atoms with Crippen molar-refractivity contribution in [3.05, 3.63) is 0 Å². The molecule has 17 heavy (non-hydrogen) atoms. The lowest BCUT2D eigenvalue weighted by atomic mass is 10.1. The van der Waals surface area contributed by atoms with Crippen LogP contribution in [0.3, 0.4) is 0 Å². The highest BCUT2D eigenvalue weighted by atomic mass is 16.5. The molecule has 0 saturated heterocycles. The highest BCUT2D eigenvalue weighted by molar-refractivity contribution is 5.82. The maximum atomic E-state index is 12.1. The largest absolute Gasteiger partial charge is 0.469 e. The number of esters is 1. The Morgan fingerprint density at radius 2 is 1.82 bits per heavy atom. The molecule has 0 heterocycles. The number of carbonyl (C=O) groups excluding carboxylic acids is 2. The first kappa shape index (κ1) is 14.0. The van der Waals surface area contributed by atoms with Crippen LogP contribution in [-0.2, 0) is 14.3 Å². The van der Waals surface area contributed by atoms with Crippen molar-refractivity contribution in [2.24, 2.45) is 17.8 Å². The molecule has 0 aromatic rings. The molecule has 4 heteroatoms. The first-order valence-electron chi connectivity index (χ1n) is 6.32. The van der Waals surface area contributed by atoms with Crippen molar-refractivity contribution in [3.63, 3.8) is 0 Å². The van der Waals surface area contributed by atoms with Gasteiger partial charge in [0.15, 0.2) is 0 Å². The number of carbonyl (C=O) groups is 2. The zero-order valence-corrected chi connectivity index (χ0v) is 11.2. The van der Waals surface area contributed by atoms with Crippen molar-refractivity contribution in [2.75, 3.05) is 20.2 Å². The molecule has 1 aliphatic rings. The lowest BCUT2D eigenvalue weighted by Crippen LogP contribution is -2.40. The minimum atomic E-state index is -0.249. The third kappa shape index (κ3) is 4.36. The predicted molar refractivity (Wildman–Crippen MR) is 65.3 cm³/mol. The number of nitrogens with zero attached hydrogens (tertiary/aromatic N) is 1. The van der Waals surface area contributed by atoms with Crippen molar-refractivity contribution in [1.82, 2.24) is 4.90 Å². The molecule has 1 rings (SSSR count). The SMILES string of the molecule is COC(=O)C(C)CN(CC(C)C)C(=O)C1CC1. The summed E-state index contributed by atoms with van der Waals surface area (Å²) in [5, 5.41) is 0. The molecule has 0 bridgehead atoms. The van der Waals surface area contributed by atoms with E-state index in [-0.39, 0.29) is 23.7 Å². The van der Waals surface area contributed by atoms with Gasteiger partial charge in [0, 0.05) is 19.0 Å². The predicted octanol–water partition coefficient (Wildman–Crippen LogP) is 1.69. The Labute approximate surface area is 103 Å². The number of ether oxygens (including phenoxy) is 1. The lowest BCUT2D eigenvalue weighted by molar-refractivity contribution is -0.146. The molecule has 0 aliphatic heterocycles. The van der Waals surface area contributed by atoms with Gasteiger partial charge in [-0.15, -0.1) is 0 Å². The quantitative estimate of drug-likeness (QED) is 0.665. The first-order valence-corrected chi connectivity index (χ1v) is 6.32. The molecule has 1 saturated carbocycles. The smallest absolute Gasteiger partial charge is 0.310 e. The van der Waals surface area contributed by atoms with E-state index in [2.05, 4.69) is 13.8 Å². The van der Waals surface area contributed by atoms with E-state index in [0.717, 1.165) is 19.4 Å². The molecule has 0 aromatic heterocycles. The normalized spacial score (nSPS) is 16.8. The van der Waals surface area contributed by atoms with E-state index in [0.29, 0.717) is 12.5 Å². The maximum absolute atomic E-state index is 12.1. The van der Waals surface area contributed by atoms with Crippen molar-refractivity contribution >= 4 is 11.9 Å². The monoisotopic (exact) mass is 241 g/mol. The molecule has 1 aliphatic carbocycles. The molecule has 1 amide bonds. The molecule has 0 aromatic carbocycles. The molecule has 0 radical (unpaired) electrons. The van der Waals surface area contributed by atoms with Gasteiger partial charge in [0.05, 0.1) is 13.0 Å². The van der Waals surface area contributed by atoms with E-state index >= 15 is 0 Å². The zero-order valence-electron chi connectivity index (χ0n) is 11.2. The molecule has 98 valence electrons. The van der Waals surface area contributed by atoms with Gasteiger partial charge in [-0.05, 0) is 18.8 Å². The number of amides is 1. The zero-order chi connectivity index (χ0) is 13.0. The number of rotatable bonds is 6. The number of methoxy groups -OCH3 is 1. The summed E-state index contributed by atoms with van der Waals surface area (Å²) in [7, 11) is 1.38. The molecular formula is C13H23NO3. The summed E-state index contributed by atoms with van der Waals surface area (Å²) in [6, 6.07) is 0. The van der Waals surface area contributed by atoms with Crippen LogP contribution in [0.15, 0.2) is 0 Å². The average molecular weight is 241 g/mol. The third-order valence-electron chi connectivity index (χ3n) is 2.92. The first-order chi connectivity index (χ1) is 7.95. The van der Waals surface area contributed by atoms with E-state index in [9.17, 15) is 9.59 Å². The second kappa shape index (κ2) is 6.03. The molecule has 0 spiro atoms. The van der Waals surface area contributed by atoms with E-state index in [1.807, 2.05) is 4.90 Å². The van der Waals surface area contributed by atoms with Gasteiger partial charge >= 0.3 is 5.97 Å². The van der Waals surface area contributed by atoms with Crippen molar-refractivity contribution < 1.29 is 14.3 Å². The molecule has 4 nitrogen and oxygen atoms in total. The van der Waals surface area contributed by atoms with E-state index < -0.39 is 0 Å². The van der Waals surface area contributed by atoms with Crippen LogP contribution >= 0.6 is 0 Å². The Morgan fingerprint density at radius 3 is 2.24 bits per heavy atom. The van der Waals surface area contributed by atoms with Gasteiger partial charge in [0.1, 0.15) is 0 Å². The van der Waals surface area contributed by atoms with Crippen LogP contribution in [0.25, 0.3) is 0 Å². The van der Waals surface area contributed by atoms with Crippen molar-refractivity contribution in [1.29, 1.82) is 0 Å². The Balaban J connectivity index is 2.56. The standard InChI is InChI=1S/C13H23NO3/c1-9(2)7-14(12(15)11-5-6-11)8-10(3)13(16)17-4/h9-11H,5-8H2,1-4H3. The number of hydrogen-bond acceptors (Lipinski definition) is 3. The average Bonchev–Trinajstić information content (AvgIpc) is 3.09. The van der Waals surface area contributed by atoms with Crippen molar-refractivity contribution in [2.45, 2.75) is 33.6 Å². The van der Waals surface area contributed by atoms with Crippen LogP contribution in [-0.4, -0.2) is 37.0 Å². The summed E-state index contributed by atoms with van der Waals surface area (Å²) in [6.07, 6.45) is 2.00. The van der Waals surface area contributed by atoms with E-state index in [4.69, 9.17) is 4.74 Å². The Kier molecular flexibility index (Phi) is 4.97. The fourth-order valence-corrected chi connectivity index (χ4v) is 1.89. The lowest BCUT2D eigenvalue weighted by Gasteiger charge is -2.26. The molecule has 1 fully saturated rings. The number of hydrogen-bond donors (Lipinski definition) is 0. The van der Waals surface area contributed by atoms with Gasteiger partial charge in [-0.25, -0.2) is 0 Å². The highest BCUT2D eigenvalue weighted by Gasteiger charge is 2.34. The Morgan fingerprint density at radius 1 is 1.24 bits per heavy atom. The molecule has 1 atom stereocenters. The maximum Gasteiger partial charge on any atom is 0.310 e. The summed E-state index contributed by atoms with van der Waals surface area (Å²) in [5.41, 5.74) is 0. The fraction of sp³-hybridized carbons (Fsp3) is 0.846. The van der Waals surface area contributed by atoms with Crippen LogP contribution in [0.2, 0.25) is 0 Å². The fourth-order valence-electron chi connectivity index (χ4n) is 1.89. The summed E-state index contributed by atoms with van der Waals surface area (Å²) >= 11 is 0. The summed E-state index contributed by atoms with van der Waals surface area (Å²) in [5.74, 6) is 0.333.